The van der Waals surface area contributed by atoms with E-state index in [4.69, 9.17) is 0 Å². The van der Waals surface area contributed by atoms with Crippen molar-refractivity contribution in [2.24, 2.45) is 0 Å². The minimum absolute atomic E-state index is 0.0600. The van der Waals surface area contributed by atoms with E-state index in [0.717, 1.165) is 11.0 Å². The maximum Gasteiger partial charge on any atom is 0.377 e. The summed E-state index contributed by atoms with van der Waals surface area (Å²) in [5.41, 5.74) is 0.0477. The first-order chi connectivity index (χ1) is 8.67. The van der Waals surface area contributed by atoms with Crippen molar-refractivity contribution in [1.29, 1.82) is 0 Å². The summed E-state index contributed by atoms with van der Waals surface area (Å²) in [7, 11) is 1.18. The fourth-order valence-electron chi connectivity index (χ4n) is 1.42. The van der Waals surface area contributed by atoms with Crippen LogP contribution >= 0.6 is 0 Å². The highest BCUT2D eigenvalue weighted by molar-refractivity contribution is 5.85. The fraction of sp³-hybridized carbons (Fsp3) is 0.0909. The van der Waals surface area contributed by atoms with Gasteiger partial charge < -0.3 is 4.74 Å². The smallest absolute Gasteiger partial charge is 0.377 e. The normalized spacial score (nSPS) is 10.1. The van der Waals surface area contributed by atoms with E-state index >= 15 is 0 Å². The molecule has 0 N–H and O–H groups in total. The van der Waals surface area contributed by atoms with Gasteiger partial charge in [-0.1, -0.05) is 6.07 Å². The van der Waals surface area contributed by atoms with Gasteiger partial charge in [-0.05, 0) is 12.1 Å². The Labute approximate surface area is 101 Å². The van der Waals surface area contributed by atoms with Gasteiger partial charge in [0.15, 0.2) is 6.29 Å². The second-order valence-electron chi connectivity index (χ2n) is 3.30. The number of halogens is 1. The first-order valence-electron chi connectivity index (χ1n) is 4.91. The van der Waals surface area contributed by atoms with Crippen LogP contribution in [0.5, 0.6) is 0 Å². The fourth-order valence-corrected chi connectivity index (χ4v) is 1.42. The molecule has 0 atom stereocenters. The molecule has 0 radical (unpaired) electrons. The molecule has 0 aliphatic heterocycles. The molecule has 7 heteroatoms. The van der Waals surface area contributed by atoms with Crippen LogP contribution in [0, 0.1) is 5.82 Å². The van der Waals surface area contributed by atoms with Gasteiger partial charge in [0.2, 0.25) is 0 Å². The Morgan fingerprint density at radius 2 is 2.28 bits per heavy atom. The summed E-state index contributed by atoms with van der Waals surface area (Å²) in [5, 5.41) is 3.75. The van der Waals surface area contributed by atoms with E-state index in [9.17, 15) is 14.0 Å². The van der Waals surface area contributed by atoms with E-state index < -0.39 is 11.8 Å². The number of ether oxygens (including phenoxy) is 1. The summed E-state index contributed by atoms with van der Waals surface area (Å²) in [6, 6.07) is 4.02. The van der Waals surface area contributed by atoms with Crippen molar-refractivity contribution >= 4 is 12.3 Å². The number of nitrogens with zero attached hydrogens (tertiary/aromatic N) is 3. The molecular weight excluding hydrogens is 241 g/mol. The number of methoxy groups -OCH3 is 1. The third-order valence-electron chi connectivity index (χ3n) is 2.23. The summed E-state index contributed by atoms with van der Waals surface area (Å²) >= 11 is 0. The van der Waals surface area contributed by atoms with Gasteiger partial charge in [0, 0.05) is 5.56 Å². The molecule has 0 spiro atoms. The second-order valence-corrected chi connectivity index (χ2v) is 3.30. The molecule has 1 aromatic heterocycles. The molecule has 2 aromatic rings. The molecule has 0 saturated heterocycles. The number of rotatable bonds is 3. The average Bonchev–Trinajstić information content (AvgIpc) is 2.86. The molecule has 0 saturated carbocycles. The van der Waals surface area contributed by atoms with Crippen LogP contribution in [0.25, 0.3) is 5.69 Å². The highest BCUT2D eigenvalue weighted by atomic mass is 19.1. The maximum atomic E-state index is 13.7. The van der Waals surface area contributed by atoms with Crippen molar-refractivity contribution in [3.8, 4) is 5.69 Å². The van der Waals surface area contributed by atoms with Crippen LogP contribution in [0.2, 0.25) is 0 Å². The summed E-state index contributed by atoms with van der Waals surface area (Å²) in [5.74, 6) is -1.59. The summed E-state index contributed by atoms with van der Waals surface area (Å²) in [4.78, 5) is 25.7. The van der Waals surface area contributed by atoms with Gasteiger partial charge >= 0.3 is 5.97 Å². The van der Waals surface area contributed by atoms with Gasteiger partial charge in [-0.2, -0.15) is 0 Å². The lowest BCUT2D eigenvalue weighted by molar-refractivity contribution is 0.0587. The number of carbonyl (C=O) groups is 2. The highest BCUT2D eigenvalue weighted by Gasteiger charge is 2.16. The molecule has 0 amide bonds. The Balaban J connectivity index is 2.52. The van der Waals surface area contributed by atoms with E-state index in [1.54, 1.807) is 0 Å². The number of hydrogen-bond acceptors (Lipinski definition) is 5. The van der Waals surface area contributed by atoms with Gasteiger partial charge in [-0.15, -0.1) is 5.10 Å². The minimum atomic E-state index is -0.738. The van der Waals surface area contributed by atoms with Crippen LogP contribution in [-0.2, 0) is 4.74 Å². The Morgan fingerprint density at radius 3 is 2.94 bits per heavy atom. The molecule has 18 heavy (non-hydrogen) atoms. The molecule has 0 fully saturated rings. The highest BCUT2D eigenvalue weighted by Crippen LogP contribution is 2.16. The van der Waals surface area contributed by atoms with Gasteiger partial charge in [-0.3, -0.25) is 4.79 Å². The third-order valence-corrected chi connectivity index (χ3v) is 2.23. The zero-order chi connectivity index (χ0) is 13.1. The van der Waals surface area contributed by atoms with Crippen LogP contribution < -0.4 is 0 Å². The maximum absolute atomic E-state index is 13.7. The van der Waals surface area contributed by atoms with Crippen LogP contribution in [-0.4, -0.2) is 34.1 Å². The predicted octanol–water partition coefficient (Wildman–Crippen LogP) is 1.01. The second kappa shape index (κ2) is 4.74. The molecule has 0 aliphatic rings. The van der Waals surface area contributed by atoms with Gasteiger partial charge in [0.25, 0.3) is 5.82 Å². The molecular formula is C11H8FN3O3. The Kier molecular flexibility index (Phi) is 3.13. The van der Waals surface area contributed by atoms with E-state index in [1.165, 1.54) is 25.3 Å². The molecule has 0 unspecified atom stereocenters. The molecule has 0 aliphatic carbocycles. The quantitative estimate of drug-likeness (QED) is 0.599. The van der Waals surface area contributed by atoms with Crippen molar-refractivity contribution in [1.82, 2.24) is 14.8 Å². The summed E-state index contributed by atoms with van der Waals surface area (Å²) < 4.78 is 19.1. The lowest BCUT2D eigenvalue weighted by Gasteiger charge is -2.04. The van der Waals surface area contributed by atoms with Crippen molar-refractivity contribution in [3.63, 3.8) is 0 Å². The van der Waals surface area contributed by atoms with Crippen molar-refractivity contribution in [2.75, 3.05) is 7.11 Å². The van der Waals surface area contributed by atoms with Gasteiger partial charge in [-0.25, -0.2) is 18.9 Å². The Morgan fingerprint density at radius 1 is 1.50 bits per heavy atom. The number of carbonyl (C=O) groups excluding carboxylic acids is 2. The number of aldehydes is 1. The van der Waals surface area contributed by atoms with Crippen LogP contribution in [0.15, 0.2) is 24.5 Å². The monoisotopic (exact) mass is 249 g/mol. The van der Waals surface area contributed by atoms with Crippen LogP contribution in [0.4, 0.5) is 4.39 Å². The van der Waals surface area contributed by atoms with E-state index in [1.807, 2.05) is 0 Å². The molecule has 1 aromatic carbocycles. The largest absolute Gasteiger partial charge is 0.463 e. The molecule has 0 bridgehead atoms. The number of aromatic nitrogens is 3. The first kappa shape index (κ1) is 11.9. The number of esters is 1. The van der Waals surface area contributed by atoms with Crippen molar-refractivity contribution in [3.05, 3.63) is 41.7 Å². The first-order valence-corrected chi connectivity index (χ1v) is 4.91. The van der Waals surface area contributed by atoms with Crippen LogP contribution in [0.1, 0.15) is 21.0 Å². The van der Waals surface area contributed by atoms with Crippen LogP contribution in [0.3, 0.4) is 0 Å². The molecule has 2 rings (SSSR count). The van der Waals surface area contributed by atoms with Gasteiger partial charge in [0.05, 0.1) is 7.11 Å². The van der Waals surface area contributed by atoms with Crippen molar-refractivity contribution in [2.45, 2.75) is 0 Å². The minimum Gasteiger partial charge on any atom is -0.463 e. The number of para-hydroxylation sites is 1. The van der Waals surface area contributed by atoms with Crippen molar-refractivity contribution < 1.29 is 18.7 Å². The SMILES string of the molecule is COC(=O)c1ncn(-c2c(F)cccc2C=O)n1. The van der Waals surface area contributed by atoms with E-state index in [0.29, 0.717) is 6.29 Å². The Bertz CT molecular complexity index is 609. The standard InChI is InChI=1S/C11H8FN3O3/c1-18-11(17)10-13-6-15(14-10)9-7(5-16)3-2-4-8(9)12/h2-6H,1H3. The van der Waals surface area contributed by atoms with Gasteiger partial charge in [0.1, 0.15) is 17.8 Å². The predicted molar refractivity (Wildman–Crippen MR) is 58.0 cm³/mol. The number of hydrogen-bond donors (Lipinski definition) is 0. The molecule has 1 heterocycles. The third kappa shape index (κ3) is 1.97. The zero-order valence-electron chi connectivity index (χ0n) is 9.33. The van der Waals surface area contributed by atoms with E-state index in [-0.39, 0.29) is 17.1 Å². The lowest BCUT2D eigenvalue weighted by atomic mass is 10.2. The molecule has 92 valence electrons. The summed E-state index contributed by atoms with van der Waals surface area (Å²) in [6.45, 7) is 0. The van der Waals surface area contributed by atoms with E-state index in [2.05, 4.69) is 14.8 Å². The Hall–Kier alpha value is -2.57. The zero-order valence-corrected chi connectivity index (χ0v) is 9.33. The average molecular weight is 249 g/mol. The summed E-state index contributed by atoms with van der Waals surface area (Å²) in [6.07, 6.45) is 1.63. The molecule has 6 nitrogen and oxygen atoms in total. The lowest BCUT2D eigenvalue weighted by Crippen LogP contribution is -2.07. The topological polar surface area (TPSA) is 74.1 Å². The number of benzene rings is 1.